The molecule has 2 N–H and O–H groups in total. The number of hydrogen-bond donors (Lipinski definition) is 2. The number of aromatic amines is 1. The van der Waals surface area contributed by atoms with Crippen LogP contribution in [0.15, 0.2) is 29.2 Å². The van der Waals surface area contributed by atoms with Crippen LogP contribution in [0.5, 0.6) is 5.75 Å². The van der Waals surface area contributed by atoms with Crippen molar-refractivity contribution in [3.8, 4) is 5.75 Å². The highest BCUT2D eigenvalue weighted by Crippen LogP contribution is 2.22. The van der Waals surface area contributed by atoms with Crippen molar-refractivity contribution in [3.63, 3.8) is 0 Å². The van der Waals surface area contributed by atoms with E-state index in [-0.39, 0.29) is 11.7 Å². The van der Waals surface area contributed by atoms with Gasteiger partial charge in [0, 0.05) is 18.1 Å². The summed E-state index contributed by atoms with van der Waals surface area (Å²) >= 11 is 0. The Hall–Kier alpha value is -1.81. The Morgan fingerprint density at radius 2 is 2.21 bits per heavy atom. The molecule has 0 spiro atoms. The molecule has 0 aliphatic carbocycles. The van der Waals surface area contributed by atoms with E-state index in [1.54, 1.807) is 6.20 Å². The Bertz CT molecular complexity index is 642. The molecule has 2 heterocycles. The topological polar surface area (TPSA) is 54.1 Å². The number of ether oxygens (including phenoxy) is 1. The van der Waals surface area contributed by atoms with E-state index in [9.17, 15) is 4.79 Å². The average molecular weight is 258 g/mol. The van der Waals surface area contributed by atoms with Crippen molar-refractivity contribution in [2.75, 3.05) is 13.1 Å². The number of fused-ring (bicyclic) bond motifs is 1. The van der Waals surface area contributed by atoms with Crippen molar-refractivity contribution in [2.45, 2.75) is 25.9 Å². The lowest BCUT2D eigenvalue weighted by Gasteiger charge is -2.24. The number of piperidine rings is 1. The maximum absolute atomic E-state index is 11.7. The number of aromatic nitrogens is 1. The minimum atomic E-state index is -0.0496. The molecule has 100 valence electrons. The van der Waals surface area contributed by atoms with Crippen LogP contribution >= 0.6 is 0 Å². The zero-order valence-electron chi connectivity index (χ0n) is 11.0. The molecule has 1 fully saturated rings. The molecule has 1 aromatic carbocycles. The monoisotopic (exact) mass is 258 g/mol. The van der Waals surface area contributed by atoms with E-state index >= 15 is 0 Å². The second-order valence-electron chi connectivity index (χ2n) is 5.09. The summed E-state index contributed by atoms with van der Waals surface area (Å²) in [6.07, 6.45) is 4.21. The van der Waals surface area contributed by atoms with Gasteiger partial charge in [0.15, 0.2) is 0 Å². The zero-order valence-corrected chi connectivity index (χ0v) is 11.0. The van der Waals surface area contributed by atoms with E-state index < -0.39 is 0 Å². The standard InChI is InChI=1S/C15H18N2O2/c1-10-8-17-15(18)13-5-4-11(7-14(10)13)19-12-3-2-6-16-9-12/h4-5,7-8,12,16H,2-3,6,9H2,1H3,(H,17,18)/t12-/m0/s1. The molecule has 0 bridgehead atoms. The average Bonchev–Trinajstić information content (AvgIpc) is 2.44. The second-order valence-corrected chi connectivity index (χ2v) is 5.09. The van der Waals surface area contributed by atoms with Crippen LogP contribution in [0.4, 0.5) is 0 Å². The Balaban J connectivity index is 1.92. The van der Waals surface area contributed by atoms with E-state index in [0.29, 0.717) is 5.39 Å². The summed E-state index contributed by atoms with van der Waals surface area (Å²) in [6, 6.07) is 5.69. The summed E-state index contributed by atoms with van der Waals surface area (Å²) in [4.78, 5) is 14.5. The van der Waals surface area contributed by atoms with Crippen molar-refractivity contribution in [2.24, 2.45) is 0 Å². The highest BCUT2D eigenvalue weighted by molar-refractivity contribution is 5.85. The lowest BCUT2D eigenvalue weighted by Crippen LogP contribution is -2.37. The number of nitrogens with one attached hydrogen (secondary N) is 2. The Kier molecular flexibility index (Phi) is 3.25. The highest BCUT2D eigenvalue weighted by atomic mass is 16.5. The maximum atomic E-state index is 11.7. The zero-order chi connectivity index (χ0) is 13.2. The summed E-state index contributed by atoms with van der Waals surface area (Å²) in [7, 11) is 0. The second kappa shape index (κ2) is 5.05. The Morgan fingerprint density at radius 3 is 3.00 bits per heavy atom. The molecular formula is C15H18N2O2. The minimum Gasteiger partial charge on any atom is -0.489 e. The van der Waals surface area contributed by atoms with E-state index in [0.717, 1.165) is 42.6 Å². The molecule has 0 unspecified atom stereocenters. The Morgan fingerprint density at radius 1 is 1.32 bits per heavy atom. The number of H-pyrrole nitrogens is 1. The third kappa shape index (κ3) is 2.49. The molecule has 1 aliphatic heterocycles. The third-order valence-electron chi connectivity index (χ3n) is 3.63. The van der Waals surface area contributed by atoms with Gasteiger partial charge in [0.1, 0.15) is 11.9 Å². The molecule has 1 saturated heterocycles. The van der Waals surface area contributed by atoms with Crippen LogP contribution in [0.25, 0.3) is 10.8 Å². The number of rotatable bonds is 2. The quantitative estimate of drug-likeness (QED) is 0.866. The summed E-state index contributed by atoms with van der Waals surface area (Å²) < 4.78 is 5.98. The molecular weight excluding hydrogens is 240 g/mol. The highest BCUT2D eigenvalue weighted by Gasteiger charge is 2.14. The predicted octanol–water partition coefficient (Wildman–Crippen LogP) is 1.97. The third-order valence-corrected chi connectivity index (χ3v) is 3.63. The molecule has 1 aromatic heterocycles. The number of aryl methyl sites for hydroxylation is 1. The van der Waals surface area contributed by atoms with Gasteiger partial charge >= 0.3 is 0 Å². The fourth-order valence-electron chi connectivity index (χ4n) is 2.56. The number of pyridine rings is 1. The summed E-state index contributed by atoms with van der Waals surface area (Å²) in [5.41, 5.74) is 1.01. The van der Waals surface area contributed by atoms with Gasteiger partial charge in [-0.25, -0.2) is 0 Å². The fraction of sp³-hybridized carbons (Fsp3) is 0.400. The maximum Gasteiger partial charge on any atom is 0.255 e. The van der Waals surface area contributed by atoms with Gasteiger partial charge in [0.25, 0.3) is 5.56 Å². The first kappa shape index (κ1) is 12.2. The number of hydrogen-bond acceptors (Lipinski definition) is 3. The van der Waals surface area contributed by atoms with Crippen LogP contribution in [0.1, 0.15) is 18.4 Å². The minimum absolute atomic E-state index is 0.0496. The molecule has 0 amide bonds. The smallest absolute Gasteiger partial charge is 0.255 e. The molecule has 4 nitrogen and oxygen atoms in total. The van der Waals surface area contributed by atoms with Crippen LogP contribution < -0.4 is 15.6 Å². The van der Waals surface area contributed by atoms with Gasteiger partial charge in [0.2, 0.25) is 0 Å². The van der Waals surface area contributed by atoms with Gasteiger partial charge in [-0.2, -0.15) is 0 Å². The first-order valence-electron chi connectivity index (χ1n) is 6.73. The fourth-order valence-corrected chi connectivity index (χ4v) is 2.56. The molecule has 1 aliphatic rings. The first-order valence-corrected chi connectivity index (χ1v) is 6.73. The number of benzene rings is 1. The van der Waals surface area contributed by atoms with Gasteiger partial charge < -0.3 is 15.0 Å². The van der Waals surface area contributed by atoms with Gasteiger partial charge in [-0.1, -0.05) is 0 Å². The molecule has 0 radical (unpaired) electrons. The Labute approximate surface area is 111 Å². The lowest BCUT2D eigenvalue weighted by molar-refractivity contribution is 0.167. The van der Waals surface area contributed by atoms with Crippen LogP contribution in [0.2, 0.25) is 0 Å². The normalized spacial score (nSPS) is 19.5. The van der Waals surface area contributed by atoms with Crippen molar-refractivity contribution >= 4 is 10.8 Å². The van der Waals surface area contributed by atoms with Crippen LogP contribution in [-0.4, -0.2) is 24.2 Å². The van der Waals surface area contributed by atoms with Gasteiger partial charge in [0.05, 0.1) is 0 Å². The van der Waals surface area contributed by atoms with Crippen molar-refractivity contribution < 1.29 is 4.74 Å². The molecule has 1 atom stereocenters. The van der Waals surface area contributed by atoms with Crippen LogP contribution in [-0.2, 0) is 0 Å². The molecule has 0 saturated carbocycles. The van der Waals surface area contributed by atoms with Crippen LogP contribution in [0, 0.1) is 6.92 Å². The SMILES string of the molecule is Cc1c[nH]c(=O)c2ccc(O[C@H]3CCCNC3)cc12. The van der Waals surface area contributed by atoms with Gasteiger partial charge in [-0.05, 0) is 55.5 Å². The largest absolute Gasteiger partial charge is 0.489 e. The molecule has 19 heavy (non-hydrogen) atoms. The van der Waals surface area contributed by atoms with E-state index in [2.05, 4.69) is 10.3 Å². The van der Waals surface area contributed by atoms with Crippen molar-refractivity contribution in [3.05, 3.63) is 40.3 Å². The van der Waals surface area contributed by atoms with Crippen molar-refractivity contribution in [1.29, 1.82) is 0 Å². The van der Waals surface area contributed by atoms with Gasteiger partial charge in [-0.15, -0.1) is 0 Å². The lowest BCUT2D eigenvalue weighted by atomic mass is 10.1. The van der Waals surface area contributed by atoms with E-state index in [4.69, 9.17) is 4.74 Å². The summed E-state index contributed by atoms with van der Waals surface area (Å²) in [5, 5.41) is 5.01. The van der Waals surface area contributed by atoms with Crippen molar-refractivity contribution in [1.82, 2.24) is 10.3 Å². The summed E-state index contributed by atoms with van der Waals surface area (Å²) in [6.45, 7) is 3.96. The molecule has 4 heteroatoms. The molecule has 2 aromatic rings. The summed E-state index contributed by atoms with van der Waals surface area (Å²) in [5.74, 6) is 0.843. The van der Waals surface area contributed by atoms with E-state index in [1.165, 1.54) is 0 Å². The predicted molar refractivity (Wildman–Crippen MR) is 75.8 cm³/mol. The van der Waals surface area contributed by atoms with Gasteiger partial charge in [-0.3, -0.25) is 4.79 Å². The van der Waals surface area contributed by atoms with E-state index in [1.807, 2.05) is 25.1 Å². The first-order chi connectivity index (χ1) is 9.24. The van der Waals surface area contributed by atoms with Crippen LogP contribution in [0.3, 0.4) is 0 Å². The molecule has 3 rings (SSSR count).